The Bertz CT molecular complexity index is 790. The molecule has 100 valence electrons. The van der Waals surface area contributed by atoms with E-state index in [-0.39, 0.29) is 0 Å². The second-order valence-corrected chi connectivity index (χ2v) is 4.82. The van der Waals surface area contributed by atoms with Gasteiger partial charge < -0.3 is 5.73 Å². The first kappa shape index (κ1) is 13.0. The molecule has 21 heavy (non-hydrogen) atoms. The molecule has 0 aliphatic heterocycles. The fraction of sp³-hybridized carbons (Fsp3) is 0. The first-order chi connectivity index (χ1) is 10.3. The monoisotopic (exact) mass is 269 g/mol. The van der Waals surface area contributed by atoms with E-state index in [0.29, 0.717) is 0 Å². The molecule has 0 unspecified atom stereocenters. The van der Waals surface area contributed by atoms with E-state index < -0.39 is 0 Å². The van der Waals surface area contributed by atoms with Gasteiger partial charge in [0.25, 0.3) is 0 Å². The van der Waals surface area contributed by atoms with Gasteiger partial charge >= 0.3 is 0 Å². The highest BCUT2D eigenvalue weighted by molar-refractivity contribution is 5.64. The number of nitrogen functional groups attached to an aromatic ring is 1. The van der Waals surface area contributed by atoms with Crippen molar-refractivity contribution < 1.29 is 0 Å². The van der Waals surface area contributed by atoms with Gasteiger partial charge in [-0.3, -0.25) is 0 Å². The highest BCUT2D eigenvalue weighted by Crippen LogP contribution is 2.18. The molecule has 0 saturated heterocycles. The fourth-order valence-corrected chi connectivity index (χ4v) is 2.14. The number of anilines is 1. The molecule has 0 bridgehead atoms. The average molecular weight is 269 g/mol. The van der Waals surface area contributed by atoms with Gasteiger partial charge in [-0.15, -0.1) is 0 Å². The van der Waals surface area contributed by atoms with Crippen LogP contribution in [0.3, 0.4) is 0 Å². The molecule has 0 atom stereocenters. The summed E-state index contributed by atoms with van der Waals surface area (Å²) < 4.78 is 0. The van der Waals surface area contributed by atoms with Crippen LogP contribution < -0.4 is 5.73 Å². The third-order valence-corrected chi connectivity index (χ3v) is 3.23. The Kier molecular flexibility index (Phi) is 3.71. The van der Waals surface area contributed by atoms with Crippen LogP contribution in [-0.4, -0.2) is 0 Å². The molecule has 0 saturated carbocycles. The Morgan fingerprint density at radius 1 is 0.571 bits per heavy atom. The standard InChI is InChI=1S/C20H15N/c21-20-8-4-5-17(15-20)10-9-16-11-13-19(14-12-16)18-6-2-1-3-7-18/h1-8,11-15H,21H2. The van der Waals surface area contributed by atoms with E-state index in [0.717, 1.165) is 16.8 Å². The lowest BCUT2D eigenvalue weighted by molar-refractivity contribution is 1.59. The second kappa shape index (κ2) is 5.98. The zero-order chi connectivity index (χ0) is 14.5. The molecule has 0 radical (unpaired) electrons. The Hall–Kier alpha value is -2.98. The van der Waals surface area contributed by atoms with Crippen LogP contribution in [0.25, 0.3) is 11.1 Å². The number of hydrogen-bond acceptors (Lipinski definition) is 1. The number of benzene rings is 3. The average Bonchev–Trinajstić information content (AvgIpc) is 2.54. The van der Waals surface area contributed by atoms with Crippen LogP contribution in [-0.2, 0) is 0 Å². The largest absolute Gasteiger partial charge is 0.399 e. The Labute approximate surface area is 125 Å². The lowest BCUT2D eigenvalue weighted by atomic mass is 10.0. The molecule has 3 aromatic rings. The molecular weight excluding hydrogens is 254 g/mol. The predicted molar refractivity (Wildman–Crippen MR) is 88.7 cm³/mol. The molecule has 0 aliphatic rings. The maximum Gasteiger partial charge on any atom is 0.0326 e. The van der Waals surface area contributed by atoms with Crippen molar-refractivity contribution in [3.63, 3.8) is 0 Å². The first-order valence-electron chi connectivity index (χ1n) is 6.84. The molecule has 0 aliphatic carbocycles. The van der Waals surface area contributed by atoms with Crippen molar-refractivity contribution in [2.24, 2.45) is 0 Å². The summed E-state index contributed by atoms with van der Waals surface area (Å²) >= 11 is 0. The normalized spacial score (nSPS) is 9.71. The number of nitrogens with two attached hydrogens (primary N) is 1. The maximum absolute atomic E-state index is 5.74. The third-order valence-electron chi connectivity index (χ3n) is 3.23. The molecule has 2 N–H and O–H groups in total. The minimum absolute atomic E-state index is 0.737. The van der Waals surface area contributed by atoms with Gasteiger partial charge in [0.2, 0.25) is 0 Å². The summed E-state index contributed by atoms with van der Waals surface area (Å²) in [6.45, 7) is 0. The molecule has 0 heterocycles. The SMILES string of the molecule is Nc1cccc(C#Cc2ccc(-c3ccccc3)cc2)c1. The molecule has 1 heteroatoms. The van der Waals surface area contributed by atoms with Gasteiger partial charge in [0.15, 0.2) is 0 Å². The molecule has 0 amide bonds. The van der Waals surface area contributed by atoms with Gasteiger partial charge in [-0.05, 0) is 41.5 Å². The summed E-state index contributed by atoms with van der Waals surface area (Å²) in [6, 6.07) is 26.2. The minimum atomic E-state index is 0.737. The quantitative estimate of drug-likeness (QED) is 0.516. The van der Waals surface area contributed by atoms with Crippen molar-refractivity contribution in [3.05, 3.63) is 90.0 Å². The number of rotatable bonds is 1. The molecule has 0 aromatic heterocycles. The second-order valence-electron chi connectivity index (χ2n) is 4.82. The van der Waals surface area contributed by atoms with Crippen molar-refractivity contribution in [2.75, 3.05) is 5.73 Å². The first-order valence-corrected chi connectivity index (χ1v) is 6.84. The van der Waals surface area contributed by atoms with E-state index in [2.05, 4.69) is 36.1 Å². The summed E-state index contributed by atoms with van der Waals surface area (Å²) in [5.41, 5.74) is 10.8. The smallest absolute Gasteiger partial charge is 0.0326 e. The lowest BCUT2D eigenvalue weighted by Crippen LogP contribution is -1.84. The van der Waals surface area contributed by atoms with Crippen molar-refractivity contribution >= 4 is 5.69 Å². The predicted octanol–water partition coefficient (Wildman–Crippen LogP) is 4.34. The molecule has 0 spiro atoms. The molecule has 1 nitrogen and oxygen atoms in total. The van der Waals surface area contributed by atoms with E-state index in [1.165, 1.54) is 11.1 Å². The van der Waals surface area contributed by atoms with Crippen LogP contribution in [0.5, 0.6) is 0 Å². The van der Waals surface area contributed by atoms with Crippen molar-refractivity contribution in [1.29, 1.82) is 0 Å². The molecule has 3 aromatic carbocycles. The van der Waals surface area contributed by atoms with E-state index in [9.17, 15) is 0 Å². The van der Waals surface area contributed by atoms with Crippen LogP contribution in [0.15, 0.2) is 78.9 Å². The number of hydrogen-bond donors (Lipinski definition) is 1. The van der Waals surface area contributed by atoms with Gasteiger partial charge in [0.1, 0.15) is 0 Å². The van der Waals surface area contributed by atoms with Crippen molar-refractivity contribution in [2.45, 2.75) is 0 Å². The highest BCUT2D eigenvalue weighted by atomic mass is 14.5. The zero-order valence-corrected chi connectivity index (χ0v) is 11.6. The molecule has 3 rings (SSSR count). The summed E-state index contributed by atoms with van der Waals surface area (Å²) in [6.07, 6.45) is 0. The van der Waals surface area contributed by atoms with E-state index >= 15 is 0 Å². The van der Waals surface area contributed by atoms with Crippen LogP contribution in [0, 0.1) is 11.8 Å². The van der Waals surface area contributed by atoms with Crippen LogP contribution in [0.1, 0.15) is 11.1 Å². The molecular formula is C20H15N. The minimum Gasteiger partial charge on any atom is -0.399 e. The summed E-state index contributed by atoms with van der Waals surface area (Å²) in [5.74, 6) is 6.29. The Morgan fingerprint density at radius 2 is 1.24 bits per heavy atom. The lowest BCUT2D eigenvalue weighted by Gasteiger charge is -2.00. The Balaban J connectivity index is 1.83. The third kappa shape index (κ3) is 3.32. The van der Waals surface area contributed by atoms with Crippen molar-refractivity contribution in [1.82, 2.24) is 0 Å². The van der Waals surface area contributed by atoms with Gasteiger partial charge in [0, 0.05) is 16.8 Å². The van der Waals surface area contributed by atoms with E-state index in [4.69, 9.17) is 5.73 Å². The molecule has 0 fully saturated rings. The Morgan fingerprint density at radius 3 is 1.95 bits per heavy atom. The summed E-state index contributed by atoms with van der Waals surface area (Å²) in [4.78, 5) is 0. The summed E-state index contributed by atoms with van der Waals surface area (Å²) in [7, 11) is 0. The van der Waals surface area contributed by atoms with Gasteiger partial charge in [-0.2, -0.15) is 0 Å². The van der Waals surface area contributed by atoms with Gasteiger partial charge in [-0.25, -0.2) is 0 Å². The van der Waals surface area contributed by atoms with E-state index in [1.54, 1.807) is 0 Å². The maximum atomic E-state index is 5.74. The van der Waals surface area contributed by atoms with Gasteiger partial charge in [0.05, 0.1) is 0 Å². The van der Waals surface area contributed by atoms with Crippen LogP contribution in [0.4, 0.5) is 5.69 Å². The highest BCUT2D eigenvalue weighted by Gasteiger charge is 1.95. The van der Waals surface area contributed by atoms with Crippen LogP contribution >= 0.6 is 0 Å². The van der Waals surface area contributed by atoms with Crippen molar-refractivity contribution in [3.8, 4) is 23.0 Å². The zero-order valence-electron chi connectivity index (χ0n) is 11.6. The van der Waals surface area contributed by atoms with Gasteiger partial charge in [-0.1, -0.05) is 60.4 Å². The van der Waals surface area contributed by atoms with E-state index in [1.807, 2.05) is 54.6 Å². The summed E-state index contributed by atoms with van der Waals surface area (Å²) in [5, 5.41) is 0. The fourth-order valence-electron chi connectivity index (χ4n) is 2.14. The van der Waals surface area contributed by atoms with Crippen LogP contribution in [0.2, 0.25) is 0 Å². The topological polar surface area (TPSA) is 26.0 Å².